The van der Waals surface area contributed by atoms with Crippen LogP contribution in [0, 0.1) is 17.9 Å². The number of hydrazone groups is 1. The average Bonchev–Trinajstić information content (AvgIpc) is 3.54. The molecule has 212 valence electrons. The number of anilines is 1. The minimum absolute atomic E-state index is 0.0172. The number of ether oxygens (including phenoxy) is 2. The third-order valence-electron chi connectivity index (χ3n) is 7.47. The van der Waals surface area contributed by atoms with Crippen LogP contribution in [0.1, 0.15) is 34.7 Å². The largest absolute Gasteiger partial charge is 0.496 e. The highest BCUT2D eigenvalue weighted by Gasteiger charge is 2.31. The number of para-hydroxylation sites is 1. The molecule has 6 rings (SSSR count). The molecule has 0 saturated carbocycles. The van der Waals surface area contributed by atoms with Gasteiger partial charge in [0.2, 0.25) is 0 Å². The van der Waals surface area contributed by atoms with Crippen molar-refractivity contribution >= 4 is 23.2 Å². The Morgan fingerprint density at radius 3 is 2.34 bits per heavy atom. The molecule has 2 aliphatic rings. The van der Waals surface area contributed by atoms with E-state index in [0.29, 0.717) is 17.1 Å². The maximum Gasteiger partial charge on any atom is 0.269 e. The molecule has 0 aromatic heterocycles. The molecule has 0 bridgehead atoms. The van der Waals surface area contributed by atoms with Crippen molar-refractivity contribution in [2.75, 3.05) is 12.1 Å². The molecule has 4 aromatic carbocycles. The third kappa shape index (κ3) is 5.92. The van der Waals surface area contributed by atoms with Crippen LogP contribution in [0.4, 0.5) is 5.69 Å². The van der Waals surface area contributed by atoms with Gasteiger partial charge in [0.05, 0.1) is 37.2 Å². The molecule has 0 saturated heterocycles. The Balaban J connectivity index is 1.28. The fourth-order valence-corrected chi connectivity index (χ4v) is 5.29. The highest BCUT2D eigenvalue weighted by atomic mass is 16.5. The second-order valence-electron chi connectivity index (χ2n) is 10.2. The van der Waals surface area contributed by atoms with Gasteiger partial charge in [-0.3, -0.25) is 5.01 Å². The van der Waals surface area contributed by atoms with E-state index < -0.39 is 0 Å². The summed E-state index contributed by atoms with van der Waals surface area (Å²) >= 11 is 0. The maximum absolute atomic E-state index is 9.49. The van der Waals surface area contributed by atoms with Crippen molar-refractivity contribution in [1.82, 2.24) is 0 Å². The Bertz CT molecular complexity index is 1890. The van der Waals surface area contributed by atoms with Gasteiger partial charge in [0, 0.05) is 17.5 Å². The molecule has 44 heavy (non-hydrogen) atoms. The predicted octanol–water partition coefficient (Wildman–Crippen LogP) is 8.72. The summed E-state index contributed by atoms with van der Waals surface area (Å²) in [5, 5.41) is 16.7. The fourth-order valence-electron chi connectivity index (χ4n) is 5.29. The van der Waals surface area contributed by atoms with E-state index in [4.69, 9.17) is 21.1 Å². The zero-order chi connectivity index (χ0) is 30.3. The Morgan fingerprint density at radius 1 is 0.932 bits per heavy atom. The number of hydrogen-bond acceptors (Lipinski definition) is 5. The topological polar surface area (TPSA) is 62.2 Å². The Labute approximate surface area is 257 Å². The predicted molar refractivity (Wildman–Crippen MR) is 174 cm³/mol. The van der Waals surface area contributed by atoms with Crippen LogP contribution in [-0.4, -0.2) is 12.8 Å². The molecule has 1 atom stereocenters. The Hall–Kier alpha value is -6.11. The van der Waals surface area contributed by atoms with Gasteiger partial charge in [-0.15, -0.1) is 0 Å². The van der Waals surface area contributed by atoms with E-state index in [0.717, 1.165) is 40.3 Å². The van der Waals surface area contributed by atoms with Gasteiger partial charge in [0.25, 0.3) is 5.70 Å². The summed E-state index contributed by atoms with van der Waals surface area (Å²) in [5.41, 5.74) is 6.50. The SMILES string of the molecule is [C-]#[N+]C(C#N)=C1C=C(C=Cc2ccc(N3N=C(c4ccccc4OC)CC3c3ccccc3)cc2)OC(c2ccccc2)=C1. The van der Waals surface area contributed by atoms with Gasteiger partial charge in [-0.1, -0.05) is 91.0 Å². The molecule has 1 unspecified atom stereocenters. The molecule has 0 spiro atoms. The first kappa shape index (κ1) is 28.0. The van der Waals surface area contributed by atoms with Crippen molar-refractivity contribution < 1.29 is 9.47 Å². The lowest BCUT2D eigenvalue weighted by molar-refractivity contribution is 0.396. The molecule has 4 aromatic rings. The first-order valence-electron chi connectivity index (χ1n) is 14.2. The number of nitrogens with zero attached hydrogens (tertiary/aromatic N) is 4. The van der Waals surface area contributed by atoms with Gasteiger partial charge in [0.1, 0.15) is 17.3 Å². The number of rotatable bonds is 7. The summed E-state index contributed by atoms with van der Waals surface area (Å²) in [7, 11) is 1.69. The highest BCUT2D eigenvalue weighted by Crippen LogP contribution is 2.38. The monoisotopic (exact) mass is 572 g/mol. The van der Waals surface area contributed by atoms with E-state index in [-0.39, 0.29) is 11.7 Å². The molecule has 0 amide bonds. The number of methoxy groups -OCH3 is 1. The molecule has 0 aliphatic carbocycles. The van der Waals surface area contributed by atoms with E-state index in [1.54, 1.807) is 19.3 Å². The zero-order valence-corrected chi connectivity index (χ0v) is 24.1. The molecule has 0 radical (unpaired) electrons. The van der Waals surface area contributed by atoms with E-state index >= 15 is 0 Å². The van der Waals surface area contributed by atoms with Crippen LogP contribution in [0.5, 0.6) is 5.75 Å². The Morgan fingerprint density at radius 2 is 1.64 bits per heavy atom. The molecule has 0 fully saturated rings. The third-order valence-corrected chi connectivity index (χ3v) is 7.47. The standard InChI is InChI=1S/C38H28N4O2/c1-40-35(26-39)30-23-32(44-38(24-30)29-13-7-4-8-14-29)22-19-27-17-20-31(21-18-27)42-36(28-11-5-3-6-12-28)25-34(41-42)33-15-9-10-16-37(33)43-2/h3-24,36H,25H2,2H3. The summed E-state index contributed by atoms with van der Waals surface area (Å²) in [6.07, 6.45) is 8.01. The van der Waals surface area contributed by atoms with Crippen LogP contribution < -0.4 is 9.75 Å². The first-order valence-corrected chi connectivity index (χ1v) is 14.2. The summed E-state index contributed by atoms with van der Waals surface area (Å²) in [6, 6.07) is 38.3. The molecule has 0 N–H and O–H groups in total. The van der Waals surface area contributed by atoms with E-state index in [1.807, 2.05) is 85.0 Å². The quantitative estimate of drug-likeness (QED) is 0.164. The van der Waals surface area contributed by atoms with Crippen LogP contribution in [0.15, 0.2) is 150 Å². The van der Waals surface area contributed by atoms with Gasteiger partial charge in [0.15, 0.2) is 0 Å². The minimum Gasteiger partial charge on any atom is -0.496 e. The van der Waals surface area contributed by atoms with Crippen LogP contribution in [0.25, 0.3) is 16.7 Å². The second kappa shape index (κ2) is 12.8. The normalized spacial score (nSPS) is 17.1. The summed E-state index contributed by atoms with van der Waals surface area (Å²) < 4.78 is 11.8. The lowest BCUT2D eigenvalue weighted by atomic mass is 9.97. The molecular formula is C38H28N4O2. The zero-order valence-electron chi connectivity index (χ0n) is 24.1. The number of allylic oxidation sites excluding steroid dienone is 5. The molecule has 6 nitrogen and oxygen atoms in total. The van der Waals surface area contributed by atoms with Crippen LogP contribution in [-0.2, 0) is 4.74 Å². The van der Waals surface area contributed by atoms with Crippen molar-refractivity contribution in [2.45, 2.75) is 12.5 Å². The maximum atomic E-state index is 9.49. The van der Waals surface area contributed by atoms with E-state index in [2.05, 4.69) is 52.3 Å². The van der Waals surface area contributed by atoms with Crippen molar-refractivity contribution in [2.24, 2.45) is 5.10 Å². The minimum atomic E-state index is 0.0172. The summed E-state index contributed by atoms with van der Waals surface area (Å²) in [4.78, 5) is 3.40. The number of nitriles is 1. The van der Waals surface area contributed by atoms with E-state index in [9.17, 15) is 5.26 Å². The van der Waals surface area contributed by atoms with Gasteiger partial charge in [-0.2, -0.15) is 5.10 Å². The lowest BCUT2D eigenvalue weighted by Crippen LogP contribution is -2.18. The molecule has 2 aliphatic heterocycles. The summed E-state index contributed by atoms with van der Waals surface area (Å²) in [6.45, 7) is 7.42. The first-order chi connectivity index (χ1) is 21.7. The van der Waals surface area contributed by atoms with Gasteiger partial charge < -0.3 is 9.47 Å². The number of benzene rings is 4. The van der Waals surface area contributed by atoms with Gasteiger partial charge in [-0.05, 0) is 59.2 Å². The van der Waals surface area contributed by atoms with Gasteiger partial charge >= 0.3 is 0 Å². The number of hydrogen-bond donors (Lipinski definition) is 0. The van der Waals surface area contributed by atoms with Crippen molar-refractivity contribution in [3.8, 4) is 11.8 Å². The van der Waals surface area contributed by atoms with Crippen LogP contribution in [0.2, 0.25) is 0 Å². The molecule has 6 heteroatoms. The lowest BCUT2D eigenvalue weighted by Gasteiger charge is -2.24. The second-order valence-corrected chi connectivity index (χ2v) is 10.2. The molecular weight excluding hydrogens is 544 g/mol. The van der Waals surface area contributed by atoms with Crippen LogP contribution in [0.3, 0.4) is 0 Å². The summed E-state index contributed by atoms with van der Waals surface area (Å²) in [5.74, 6) is 1.93. The fraction of sp³-hybridized carbons (Fsp3) is 0.0789. The highest BCUT2D eigenvalue weighted by molar-refractivity contribution is 6.05. The average molecular weight is 573 g/mol. The van der Waals surface area contributed by atoms with Crippen molar-refractivity contribution in [1.29, 1.82) is 5.26 Å². The smallest absolute Gasteiger partial charge is 0.269 e. The van der Waals surface area contributed by atoms with Crippen LogP contribution >= 0.6 is 0 Å². The van der Waals surface area contributed by atoms with Crippen molar-refractivity contribution in [3.05, 3.63) is 178 Å². The van der Waals surface area contributed by atoms with Gasteiger partial charge in [-0.25, -0.2) is 10.1 Å². The molecule has 2 heterocycles. The van der Waals surface area contributed by atoms with Crippen molar-refractivity contribution in [3.63, 3.8) is 0 Å². The Kier molecular flexibility index (Phi) is 8.16. The van der Waals surface area contributed by atoms with E-state index in [1.165, 1.54) is 5.56 Å².